The van der Waals surface area contributed by atoms with Crippen LogP contribution in [0.25, 0.3) is 0 Å². The molecule has 2 aliphatic rings. The molecule has 1 aliphatic carbocycles. The molecule has 0 aromatic carbocycles. The predicted molar refractivity (Wildman–Crippen MR) is 52.0 cm³/mol. The fourth-order valence-corrected chi connectivity index (χ4v) is 4.53. The molecule has 0 aromatic heterocycles. The van der Waals surface area contributed by atoms with Crippen LogP contribution in [-0.4, -0.2) is 10.5 Å². The monoisotopic (exact) mass is 170 g/mol. The maximum Gasteiger partial charge on any atom is 0.00810 e. The Morgan fingerprint density at radius 2 is 1.82 bits per heavy atom. The summed E-state index contributed by atoms with van der Waals surface area (Å²) in [5.74, 6) is 2.06. The Hall–Kier alpha value is 0.350. The predicted octanol–water partition coefficient (Wildman–Crippen LogP) is 3.32. The average Bonchev–Trinajstić information content (AvgIpc) is 2.30. The third-order valence-corrected chi connectivity index (χ3v) is 5.35. The Labute approximate surface area is 74.1 Å². The van der Waals surface area contributed by atoms with E-state index in [0.29, 0.717) is 0 Å². The van der Waals surface area contributed by atoms with E-state index in [1.165, 1.54) is 25.7 Å². The summed E-state index contributed by atoms with van der Waals surface area (Å²) in [6, 6.07) is 0. The summed E-state index contributed by atoms with van der Waals surface area (Å²) >= 11 is 2.26. The van der Waals surface area contributed by atoms with E-state index >= 15 is 0 Å². The van der Waals surface area contributed by atoms with Crippen molar-refractivity contribution < 1.29 is 0 Å². The first-order chi connectivity index (χ1) is 5.29. The van der Waals surface area contributed by atoms with Gasteiger partial charge in [0.05, 0.1) is 0 Å². The van der Waals surface area contributed by atoms with Crippen LogP contribution in [0.4, 0.5) is 0 Å². The van der Waals surface area contributed by atoms with Gasteiger partial charge in [0.25, 0.3) is 0 Å². The van der Waals surface area contributed by atoms with E-state index in [0.717, 1.165) is 22.3 Å². The van der Waals surface area contributed by atoms with Gasteiger partial charge >= 0.3 is 0 Å². The van der Waals surface area contributed by atoms with E-state index in [2.05, 4.69) is 25.6 Å². The Morgan fingerprint density at radius 3 is 2.55 bits per heavy atom. The van der Waals surface area contributed by atoms with Crippen molar-refractivity contribution in [2.24, 2.45) is 11.8 Å². The zero-order valence-electron chi connectivity index (χ0n) is 7.55. The van der Waals surface area contributed by atoms with Crippen LogP contribution in [-0.2, 0) is 0 Å². The summed E-state index contributed by atoms with van der Waals surface area (Å²) in [7, 11) is 0. The van der Waals surface area contributed by atoms with Crippen molar-refractivity contribution in [3.05, 3.63) is 0 Å². The van der Waals surface area contributed by atoms with Crippen molar-refractivity contribution in [2.45, 2.75) is 50.0 Å². The standard InChI is InChI=1S/C10H18S/c1-7-8(2)11-10-6-4-3-5-9(7)10/h7-10H,3-6H2,1-2H3. The molecule has 0 radical (unpaired) electrons. The molecule has 1 heteroatoms. The highest BCUT2D eigenvalue weighted by molar-refractivity contribution is 8.00. The molecule has 0 spiro atoms. The van der Waals surface area contributed by atoms with Gasteiger partial charge in [0.15, 0.2) is 0 Å². The Bertz CT molecular complexity index is 144. The molecular weight excluding hydrogens is 152 g/mol. The van der Waals surface area contributed by atoms with Crippen LogP contribution in [0.15, 0.2) is 0 Å². The molecule has 0 nitrogen and oxygen atoms in total. The second kappa shape index (κ2) is 3.01. The summed E-state index contributed by atoms with van der Waals surface area (Å²) in [6.45, 7) is 4.86. The van der Waals surface area contributed by atoms with Crippen LogP contribution in [0, 0.1) is 11.8 Å². The first-order valence-corrected chi connectivity index (χ1v) is 5.89. The Balaban J connectivity index is 2.05. The highest BCUT2D eigenvalue weighted by Crippen LogP contribution is 2.49. The van der Waals surface area contributed by atoms with E-state index < -0.39 is 0 Å². The molecule has 1 saturated heterocycles. The number of rotatable bonds is 0. The van der Waals surface area contributed by atoms with Crippen LogP contribution < -0.4 is 0 Å². The molecule has 4 unspecified atom stereocenters. The van der Waals surface area contributed by atoms with Gasteiger partial charge in [-0.2, -0.15) is 11.8 Å². The fourth-order valence-electron chi connectivity index (χ4n) is 2.64. The normalized spacial score (nSPS) is 50.7. The molecule has 1 heterocycles. The van der Waals surface area contributed by atoms with Crippen LogP contribution in [0.1, 0.15) is 39.5 Å². The van der Waals surface area contributed by atoms with Gasteiger partial charge in [-0.15, -0.1) is 0 Å². The lowest BCUT2D eigenvalue weighted by Crippen LogP contribution is -2.21. The highest BCUT2D eigenvalue weighted by atomic mass is 32.2. The van der Waals surface area contributed by atoms with Crippen molar-refractivity contribution in [1.82, 2.24) is 0 Å². The zero-order chi connectivity index (χ0) is 7.84. The van der Waals surface area contributed by atoms with Gasteiger partial charge in [-0.1, -0.05) is 26.7 Å². The van der Waals surface area contributed by atoms with Gasteiger partial charge in [0.2, 0.25) is 0 Å². The number of hydrogen-bond acceptors (Lipinski definition) is 1. The molecule has 0 aromatic rings. The fraction of sp³-hybridized carbons (Fsp3) is 1.00. The molecule has 1 saturated carbocycles. The second-order valence-electron chi connectivity index (χ2n) is 4.19. The smallest absolute Gasteiger partial charge is 0.00810 e. The third-order valence-electron chi connectivity index (χ3n) is 3.56. The number of hydrogen-bond donors (Lipinski definition) is 0. The van der Waals surface area contributed by atoms with Gasteiger partial charge in [0.1, 0.15) is 0 Å². The SMILES string of the molecule is CC1SC2CCCCC2C1C. The van der Waals surface area contributed by atoms with E-state index in [-0.39, 0.29) is 0 Å². The minimum atomic E-state index is 0.933. The van der Waals surface area contributed by atoms with Crippen molar-refractivity contribution in [3.63, 3.8) is 0 Å². The summed E-state index contributed by atoms with van der Waals surface area (Å²) in [6.07, 6.45) is 6.01. The van der Waals surface area contributed by atoms with Gasteiger partial charge in [0, 0.05) is 10.5 Å². The third kappa shape index (κ3) is 1.32. The lowest BCUT2D eigenvalue weighted by Gasteiger charge is -2.26. The van der Waals surface area contributed by atoms with Gasteiger partial charge in [-0.3, -0.25) is 0 Å². The van der Waals surface area contributed by atoms with Crippen LogP contribution in [0.5, 0.6) is 0 Å². The molecule has 0 N–H and O–H groups in total. The molecule has 2 fully saturated rings. The lowest BCUT2D eigenvalue weighted by atomic mass is 9.80. The maximum absolute atomic E-state index is 2.45. The molecule has 4 atom stereocenters. The molecule has 1 aliphatic heterocycles. The van der Waals surface area contributed by atoms with Gasteiger partial charge < -0.3 is 0 Å². The lowest BCUT2D eigenvalue weighted by molar-refractivity contribution is 0.294. The van der Waals surface area contributed by atoms with Crippen molar-refractivity contribution in [2.75, 3.05) is 0 Å². The first-order valence-electron chi connectivity index (χ1n) is 4.94. The summed E-state index contributed by atoms with van der Waals surface area (Å²) in [5.41, 5.74) is 0. The van der Waals surface area contributed by atoms with Crippen molar-refractivity contribution in [3.8, 4) is 0 Å². The quantitative estimate of drug-likeness (QED) is 0.537. The zero-order valence-corrected chi connectivity index (χ0v) is 8.36. The molecule has 11 heavy (non-hydrogen) atoms. The molecule has 0 amide bonds. The van der Waals surface area contributed by atoms with Gasteiger partial charge in [-0.05, 0) is 24.7 Å². The molecular formula is C10H18S. The van der Waals surface area contributed by atoms with E-state index in [9.17, 15) is 0 Å². The molecule has 2 rings (SSSR count). The molecule has 0 bridgehead atoms. The Kier molecular flexibility index (Phi) is 2.18. The van der Waals surface area contributed by atoms with E-state index in [1.807, 2.05) is 0 Å². The number of fused-ring (bicyclic) bond motifs is 1. The van der Waals surface area contributed by atoms with Crippen LogP contribution in [0.2, 0.25) is 0 Å². The first kappa shape index (κ1) is 7.97. The van der Waals surface area contributed by atoms with Crippen molar-refractivity contribution >= 4 is 11.8 Å². The summed E-state index contributed by atoms with van der Waals surface area (Å²) < 4.78 is 0. The van der Waals surface area contributed by atoms with Crippen molar-refractivity contribution in [1.29, 1.82) is 0 Å². The number of thioether (sulfide) groups is 1. The minimum absolute atomic E-state index is 0.933. The second-order valence-corrected chi connectivity index (χ2v) is 5.81. The summed E-state index contributed by atoms with van der Waals surface area (Å²) in [4.78, 5) is 0. The van der Waals surface area contributed by atoms with E-state index in [1.54, 1.807) is 0 Å². The topological polar surface area (TPSA) is 0 Å². The minimum Gasteiger partial charge on any atom is -0.155 e. The highest BCUT2D eigenvalue weighted by Gasteiger charge is 2.39. The van der Waals surface area contributed by atoms with Gasteiger partial charge in [-0.25, -0.2) is 0 Å². The average molecular weight is 170 g/mol. The molecule has 64 valence electrons. The van der Waals surface area contributed by atoms with Crippen LogP contribution in [0.3, 0.4) is 0 Å². The largest absolute Gasteiger partial charge is 0.155 e. The summed E-state index contributed by atoms with van der Waals surface area (Å²) in [5, 5.41) is 1.97. The van der Waals surface area contributed by atoms with E-state index in [4.69, 9.17) is 0 Å². The maximum atomic E-state index is 2.45. The van der Waals surface area contributed by atoms with Crippen LogP contribution >= 0.6 is 11.8 Å². The Morgan fingerprint density at radius 1 is 1.09 bits per heavy atom.